The van der Waals surface area contributed by atoms with Crippen molar-refractivity contribution in [2.75, 3.05) is 19.5 Å². The predicted octanol–water partition coefficient (Wildman–Crippen LogP) is 4.29. The molecular formula is C16H13Cl2NO4. The molecule has 0 saturated carbocycles. The van der Waals surface area contributed by atoms with E-state index in [9.17, 15) is 4.79 Å². The zero-order valence-electron chi connectivity index (χ0n) is 12.4. The molecule has 1 aliphatic heterocycles. The van der Waals surface area contributed by atoms with Gasteiger partial charge in [-0.05, 0) is 24.3 Å². The van der Waals surface area contributed by atoms with E-state index in [4.69, 9.17) is 37.4 Å². The number of cyclic esters (lactones) is 1. The molecule has 1 N–H and O–H groups in total. The monoisotopic (exact) mass is 353 g/mol. The lowest BCUT2D eigenvalue weighted by Gasteiger charge is -2.17. The topological polar surface area (TPSA) is 56.8 Å². The smallest absolute Gasteiger partial charge is 0.344 e. The number of ether oxygens (including phenoxy) is 3. The number of hydrogen-bond donors (Lipinski definition) is 1. The Morgan fingerprint density at radius 3 is 2.39 bits per heavy atom. The number of halogens is 2. The fraction of sp³-hybridized carbons (Fsp3) is 0.188. The Hall–Kier alpha value is -2.11. The van der Waals surface area contributed by atoms with Crippen LogP contribution in [0.4, 0.5) is 5.69 Å². The molecule has 5 nitrogen and oxygen atoms in total. The molecule has 1 heterocycles. The summed E-state index contributed by atoms with van der Waals surface area (Å²) in [5, 5.41) is 3.92. The van der Waals surface area contributed by atoms with Crippen molar-refractivity contribution >= 4 is 34.9 Å². The number of fused-ring (bicyclic) bond motifs is 1. The second-order valence-electron chi connectivity index (χ2n) is 4.79. The van der Waals surface area contributed by atoms with Crippen molar-refractivity contribution in [2.24, 2.45) is 0 Å². The minimum Gasteiger partial charge on any atom is -0.493 e. The van der Waals surface area contributed by atoms with Crippen LogP contribution in [0.3, 0.4) is 0 Å². The first-order valence-corrected chi connectivity index (χ1v) is 7.48. The van der Waals surface area contributed by atoms with E-state index in [2.05, 4.69) is 5.32 Å². The van der Waals surface area contributed by atoms with Crippen LogP contribution in [0.5, 0.6) is 11.5 Å². The van der Waals surface area contributed by atoms with Gasteiger partial charge in [-0.3, -0.25) is 0 Å². The van der Waals surface area contributed by atoms with Gasteiger partial charge in [0.15, 0.2) is 11.5 Å². The van der Waals surface area contributed by atoms with Crippen LogP contribution in [0.1, 0.15) is 22.1 Å². The van der Waals surface area contributed by atoms with Crippen molar-refractivity contribution in [1.82, 2.24) is 0 Å². The molecule has 0 amide bonds. The Kier molecular flexibility index (Phi) is 4.24. The summed E-state index contributed by atoms with van der Waals surface area (Å²) in [6.45, 7) is 0. The third-order valence-electron chi connectivity index (χ3n) is 3.53. The molecule has 120 valence electrons. The van der Waals surface area contributed by atoms with E-state index < -0.39 is 12.2 Å². The fourth-order valence-electron chi connectivity index (χ4n) is 2.47. The molecule has 0 aliphatic carbocycles. The summed E-state index contributed by atoms with van der Waals surface area (Å²) in [5.41, 5.74) is 1.45. The van der Waals surface area contributed by atoms with E-state index >= 15 is 0 Å². The highest BCUT2D eigenvalue weighted by Gasteiger charge is 2.36. The van der Waals surface area contributed by atoms with Crippen LogP contribution in [0.15, 0.2) is 30.3 Å². The predicted molar refractivity (Wildman–Crippen MR) is 87.8 cm³/mol. The molecule has 2 aromatic rings. The molecule has 0 spiro atoms. The van der Waals surface area contributed by atoms with Gasteiger partial charge in [-0.15, -0.1) is 0 Å². The highest BCUT2D eigenvalue weighted by Crippen LogP contribution is 2.43. The van der Waals surface area contributed by atoms with Crippen LogP contribution in [0.25, 0.3) is 0 Å². The van der Waals surface area contributed by atoms with E-state index in [-0.39, 0.29) is 0 Å². The Bertz CT molecular complexity index is 759. The number of benzene rings is 2. The quantitative estimate of drug-likeness (QED) is 0.830. The minimum absolute atomic E-state index is 0.326. The Morgan fingerprint density at radius 2 is 1.78 bits per heavy atom. The maximum atomic E-state index is 12.2. The molecular weight excluding hydrogens is 341 g/mol. The first kappa shape index (κ1) is 15.8. The lowest BCUT2D eigenvalue weighted by Crippen LogP contribution is -2.11. The molecule has 0 bridgehead atoms. The van der Waals surface area contributed by atoms with Crippen molar-refractivity contribution in [3.63, 3.8) is 0 Å². The Labute approximate surface area is 143 Å². The first-order valence-electron chi connectivity index (χ1n) is 6.73. The summed E-state index contributed by atoms with van der Waals surface area (Å²) in [6, 6.07) is 8.58. The van der Waals surface area contributed by atoms with Gasteiger partial charge in [0.05, 0.1) is 30.0 Å². The van der Waals surface area contributed by atoms with Crippen molar-refractivity contribution in [1.29, 1.82) is 0 Å². The van der Waals surface area contributed by atoms with E-state index in [1.807, 2.05) is 0 Å². The van der Waals surface area contributed by atoms with Gasteiger partial charge in [-0.25, -0.2) is 4.79 Å². The SMILES string of the molecule is COc1ccc2c(c1OC)C(=O)O[C@H]2Nc1c(Cl)cccc1Cl. The Balaban J connectivity index is 2.02. The number of carbonyl (C=O) groups is 1. The number of esters is 1. The molecule has 2 aromatic carbocycles. The van der Waals surface area contributed by atoms with Gasteiger partial charge in [0, 0.05) is 5.56 Å². The van der Waals surface area contributed by atoms with Crippen molar-refractivity contribution in [3.05, 3.63) is 51.5 Å². The molecule has 7 heteroatoms. The second-order valence-corrected chi connectivity index (χ2v) is 5.61. The number of anilines is 1. The van der Waals surface area contributed by atoms with Gasteiger partial charge in [0.1, 0.15) is 5.56 Å². The lowest BCUT2D eigenvalue weighted by molar-refractivity contribution is 0.0435. The molecule has 0 radical (unpaired) electrons. The summed E-state index contributed by atoms with van der Waals surface area (Å²) >= 11 is 12.3. The summed E-state index contributed by atoms with van der Waals surface area (Å²) in [4.78, 5) is 12.2. The average molecular weight is 354 g/mol. The van der Waals surface area contributed by atoms with Gasteiger partial charge in [0.2, 0.25) is 6.23 Å². The van der Waals surface area contributed by atoms with E-state index in [1.54, 1.807) is 30.3 Å². The van der Waals surface area contributed by atoms with Crippen LogP contribution in [-0.2, 0) is 4.74 Å². The first-order chi connectivity index (χ1) is 11.1. The van der Waals surface area contributed by atoms with Crippen molar-refractivity contribution in [3.8, 4) is 11.5 Å². The lowest BCUT2D eigenvalue weighted by atomic mass is 10.1. The minimum atomic E-state index is -0.713. The van der Waals surface area contributed by atoms with Gasteiger partial charge in [-0.2, -0.15) is 0 Å². The third kappa shape index (κ3) is 2.66. The van der Waals surface area contributed by atoms with E-state index in [0.717, 1.165) is 0 Å². The number of carbonyl (C=O) groups excluding carboxylic acids is 1. The highest BCUT2D eigenvalue weighted by atomic mass is 35.5. The molecule has 1 aliphatic rings. The third-order valence-corrected chi connectivity index (χ3v) is 4.16. The number of nitrogens with one attached hydrogen (secondary N) is 1. The Morgan fingerprint density at radius 1 is 1.09 bits per heavy atom. The molecule has 3 rings (SSSR count). The van der Waals surface area contributed by atoms with Crippen molar-refractivity contribution in [2.45, 2.75) is 6.23 Å². The van der Waals surface area contributed by atoms with Gasteiger partial charge < -0.3 is 19.5 Å². The summed E-state index contributed by atoms with van der Waals surface area (Å²) in [6.07, 6.45) is -0.713. The zero-order valence-corrected chi connectivity index (χ0v) is 13.9. The molecule has 0 aromatic heterocycles. The molecule has 1 atom stereocenters. The number of para-hydroxylation sites is 1. The molecule has 0 fully saturated rings. The zero-order chi connectivity index (χ0) is 16.6. The highest BCUT2D eigenvalue weighted by molar-refractivity contribution is 6.39. The molecule has 0 unspecified atom stereocenters. The maximum absolute atomic E-state index is 12.2. The number of methoxy groups -OCH3 is 2. The molecule has 23 heavy (non-hydrogen) atoms. The number of rotatable bonds is 4. The summed E-state index contributed by atoms with van der Waals surface area (Å²) in [5.74, 6) is 0.292. The van der Waals surface area contributed by atoms with Crippen LogP contribution >= 0.6 is 23.2 Å². The summed E-state index contributed by atoms with van der Waals surface area (Å²) < 4.78 is 15.9. The second kappa shape index (κ2) is 6.18. The van der Waals surface area contributed by atoms with Gasteiger partial charge in [0.25, 0.3) is 0 Å². The van der Waals surface area contributed by atoms with Crippen LogP contribution in [0.2, 0.25) is 10.0 Å². The molecule has 0 saturated heterocycles. The fourth-order valence-corrected chi connectivity index (χ4v) is 2.98. The standard InChI is InChI=1S/C16H13Cl2NO4/c1-21-11-7-6-8-12(14(11)22-2)16(20)23-15(8)19-13-9(17)4-3-5-10(13)18/h3-7,15,19H,1-2H3/t15-/m1/s1. The van der Waals surface area contributed by atoms with Gasteiger partial charge in [-0.1, -0.05) is 29.3 Å². The van der Waals surface area contributed by atoms with E-state index in [0.29, 0.717) is 38.4 Å². The van der Waals surface area contributed by atoms with Crippen LogP contribution in [-0.4, -0.2) is 20.2 Å². The number of hydrogen-bond acceptors (Lipinski definition) is 5. The van der Waals surface area contributed by atoms with E-state index in [1.165, 1.54) is 14.2 Å². The van der Waals surface area contributed by atoms with Crippen molar-refractivity contribution < 1.29 is 19.0 Å². The largest absolute Gasteiger partial charge is 0.493 e. The summed E-state index contributed by atoms with van der Waals surface area (Å²) in [7, 11) is 2.97. The normalized spacial score (nSPS) is 15.8. The average Bonchev–Trinajstić information content (AvgIpc) is 2.86. The maximum Gasteiger partial charge on any atom is 0.344 e. The van der Waals surface area contributed by atoms with Crippen LogP contribution < -0.4 is 14.8 Å². The van der Waals surface area contributed by atoms with Gasteiger partial charge >= 0.3 is 5.97 Å². The van der Waals surface area contributed by atoms with Crippen LogP contribution in [0, 0.1) is 0 Å².